The standard InChI is InChI=1S/C16H24N8O2/c1-9-5-23(15-19-7-17-13(21-15)11(3)25)6-10(2)24(9)16-20-8-18-14(22-16)12(4)26/h7-12,25-26H,5-6H2,1-4H3/t9-,10+,11?,12?. The molecule has 3 rings (SSSR count). The number of anilines is 2. The molecule has 2 unspecified atom stereocenters. The maximum atomic E-state index is 9.72. The van der Waals surface area contributed by atoms with Crippen molar-refractivity contribution in [3.05, 3.63) is 24.3 Å². The van der Waals surface area contributed by atoms with Crippen LogP contribution in [0.3, 0.4) is 0 Å². The summed E-state index contributed by atoms with van der Waals surface area (Å²) in [6.45, 7) is 8.75. The summed E-state index contributed by atoms with van der Waals surface area (Å²) in [5, 5.41) is 19.4. The van der Waals surface area contributed by atoms with Gasteiger partial charge in [0.2, 0.25) is 11.9 Å². The van der Waals surface area contributed by atoms with Crippen molar-refractivity contribution in [3.63, 3.8) is 0 Å². The Morgan fingerprint density at radius 2 is 1.31 bits per heavy atom. The Bertz CT molecular complexity index is 745. The minimum Gasteiger partial charge on any atom is -0.385 e. The first kappa shape index (κ1) is 18.3. The van der Waals surface area contributed by atoms with E-state index in [1.165, 1.54) is 12.7 Å². The van der Waals surface area contributed by atoms with Crippen LogP contribution < -0.4 is 9.80 Å². The van der Waals surface area contributed by atoms with Crippen LogP contribution in [0.5, 0.6) is 0 Å². The molecule has 10 nitrogen and oxygen atoms in total. The molecule has 140 valence electrons. The zero-order valence-corrected chi connectivity index (χ0v) is 15.4. The Kier molecular flexibility index (Phi) is 5.23. The minimum atomic E-state index is -0.743. The van der Waals surface area contributed by atoms with E-state index in [9.17, 15) is 10.2 Å². The predicted octanol–water partition coefficient (Wildman–Crippen LogP) is 0.267. The van der Waals surface area contributed by atoms with Crippen LogP contribution in [0, 0.1) is 0 Å². The first-order valence-electron chi connectivity index (χ1n) is 8.64. The van der Waals surface area contributed by atoms with Crippen LogP contribution in [-0.4, -0.2) is 65.3 Å². The van der Waals surface area contributed by atoms with Gasteiger partial charge in [0.15, 0.2) is 11.6 Å². The Balaban J connectivity index is 1.81. The molecular weight excluding hydrogens is 336 g/mol. The van der Waals surface area contributed by atoms with E-state index >= 15 is 0 Å². The molecule has 1 fully saturated rings. The van der Waals surface area contributed by atoms with Gasteiger partial charge >= 0.3 is 0 Å². The summed E-state index contributed by atoms with van der Waals surface area (Å²) in [5.41, 5.74) is 0. The molecule has 0 bridgehead atoms. The van der Waals surface area contributed by atoms with Gasteiger partial charge in [-0.1, -0.05) is 0 Å². The number of hydrogen-bond donors (Lipinski definition) is 2. The normalized spacial score (nSPS) is 23.0. The van der Waals surface area contributed by atoms with E-state index in [4.69, 9.17) is 0 Å². The number of aliphatic hydroxyl groups is 2. The summed E-state index contributed by atoms with van der Waals surface area (Å²) >= 11 is 0. The van der Waals surface area contributed by atoms with Gasteiger partial charge in [-0.25, -0.2) is 19.9 Å². The second-order valence-electron chi connectivity index (χ2n) is 6.65. The van der Waals surface area contributed by atoms with Crippen molar-refractivity contribution in [2.75, 3.05) is 22.9 Å². The lowest BCUT2D eigenvalue weighted by Crippen LogP contribution is -2.58. The van der Waals surface area contributed by atoms with Crippen molar-refractivity contribution in [2.24, 2.45) is 0 Å². The lowest BCUT2D eigenvalue weighted by atomic mass is 10.1. The van der Waals surface area contributed by atoms with Gasteiger partial charge < -0.3 is 20.0 Å². The van der Waals surface area contributed by atoms with Gasteiger partial charge in [-0.05, 0) is 27.7 Å². The highest BCUT2D eigenvalue weighted by atomic mass is 16.3. The van der Waals surface area contributed by atoms with Crippen LogP contribution in [0.4, 0.5) is 11.9 Å². The highest BCUT2D eigenvalue weighted by Gasteiger charge is 2.33. The number of rotatable bonds is 4. The van der Waals surface area contributed by atoms with E-state index in [1.807, 2.05) is 0 Å². The van der Waals surface area contributed by atoms with Crippen molar-refractivity contribution in [2.45, 2.75) is 52.0 Å². The first-order chi connectivity index (χ1) is 12.4. The minimum absolute atomic E-state index is 0.0924. The van der Waals surface area contributed by atoms with Crippen LogP contribution in [0.15, 0.2) is 12.7 Å². The quantitative estimate of drug-likeness (QED) is 0.784. The third-order valence-corrected chi connectivity index (χ3v) is 4.34. The van der Waals surface area contributed by atoms with E-state index < -0.39 is 12.2 Å². The fourth-order valence-electron chi connectivity index (χ4n) is 3.16. The highest BCUT2D eigenvalue weighted by Crippen LogP contribution is 2.24. The topological polar surface area (TPSA) is 124 Å². The van der Waals surface area contributed by atoms with Gasteiger partial charge in [0, 0.05) is 25.2 Å². The van der Waals surface area contributed by atoms with E-state index in [0.717, 1.165) is 0 Å². The summed E-state index contributed by atoms with van der Waals surface area (Å²) in [6, 6.07) is 0.185. The molecule has 0 saturated carbocycles. The number of piperazine rings is 1. The third-order valence-electron chi connectivity index (χ3n) is 4.34. The number of aliphatic hydroxyl groups excluding tert-OH is 2. The fourth-order valence-corrected chi connectivity index (χ4v) is 3.16. The van der Waals surface area contributed by atoms with Crippen LogP contribution in [0.1, 0.15) is 51.6 Å². The van der Waals surface area contributed by atoms with Crippen LogP contribution in [-0.2, 0) is 0 Å². The molecule has 3 heterocycles. The Labute approximate surface area is 152 Å². The number of nitrogens with zero attached hydrogens (tertiary/aromatic N) is 8. The van der Waals surface area contributed by atoms with E-state index in [1.54, 1.807) is 13.8 Å². The molecule has 4 atom stereocenters. The van der Waals surface area contributed by atoms with Gasteiger partial charge in [0.25, 0.3) is 0 Å². The lowest BCUT2D eigenvalue weighted by Gasteiger charge is -2.44. The zero-order chi connectivity index (χ0) is 18.8. The largest absolute Gasteiger partial charge is 0.385 e. The zero-order valence-electron chi connectivity index (χ0n) is 15.4. The van der Waals surface area contributed by atoms with Gasteiger partial charge in [0.05, 0.1) is 0 Å². The van der Waals surface area contributed by atoms with Crippen LogP contribution >= 0.6 is 0 Å². The van der Waals surface area contributed by atoms with E-state index in [-0.39, 0.29) is 12.1 Å². The predicted molar refractivity (Wildman–Crippen MR) is 94.5 cm³/mol. The highest BCUT2D eigenvalue weighted by molar-refractivity contribution is 5.41. The molecule has 0 amide bonds. The fraction of sp³-hybridized carbons (Fsp3) is 0.625. The molecule has 0 aliphatic carbocycles. The summed E-state index contributed by atoms with van der Waals surface area (Å²) in [4.78, 5) is 29.5. The summed E-state index contributed by atoms with van der Waals surface area (Å²) in [5.74, 6) is 1.82. The van der Waals surface area contributed by atoms with Crippen molar-refractivity contribution in [1.82, 2.24) is 29.9 Å². The van der Waals surface area contributed by atoms with Crippen LogP contribution in [0.2, 0.25) is 0 Å². The number of hydrogen-bond acceptors (Lipinski definition) is 10. The summed E-state index contributed by atoms with van der Waals surface area (Å²) in [6.07, 6.45) is 1.37. The molecule has 1 saturated heterocycles. The summed E-state index contributed by atoms with van der Waals surface area (Å²) in [7, 11) is 0. The van der Waals surface area contributed by atoms with E-state index in [0.29, 0.717) is 36.6 Å². The van der Waals surface area contributed by atoms with Gasteiger partial charge in [-0.2, -0.15) is 9.97 Å². The van der Waals surface area contributed by atoms with E-state index in [2.05, 4.69) is 53.6 Å². The van der Waals surface area contributed by atoms with Crippen LogP contribution in [0.25, 0.3) is 0 Å². The van der Waals surface area contributed by atoms with Gasteiger partial charge in [-0.3, -0.25) is 0 Å². The second-order valence-corrected chi connectivity index (χ2v) is 6.65. The SMILES string of the molecule is CC(O)c1ncnc(N2C[C@@H](C)N(c3ncnc(C(C)O)n3)[C@@H](C)C2)n1. The Morgan fingerprint density at radius 1 is 0.846 bits per heavy atom. The molecule has 2 aromatic rings. The maximum Gasteiger partial charge on any atom is 0.229 e. The molecule has 2 aromatic heterocycles. The van der Waals surface area contributed by atoms with Crippen molar-refractivity contribution in [3.8, 4) is 0 Å². The smallest absolute Gasteiger partial charge is 0.229 e. The molecule has 10 heteroatoms. The number of aromatic nitrogens is 6. The average Bonchev–Trinajstić information content (AvgIpc) is 2.61. The van der Waals surface area contributed by atoms with Gasteiger partial charge in [-0.15, -0.1) is 0 Å². The Morgan fingerprint density at radius 3 is 1.81 bits per heavy atom. The molecule has 2 N–H and O–H groups in total. The first-order valence-corrected chi connectivity index (χ1v) is 8.64. The molecule has 26 heavy (non-hydrogen) atoms. The Hall–Kier alpha value is -2.46. The maximum absolute atomic E-state index is 9.72. The van der Waals surface area contributed by atoms with Crippen molar-refractivity contribution < 1.29 is 10.2 Å². The lowest BCUT2D eigenvalue weighted by molar-refractivity contribution is 0.188. The summed E-state index contributed by atoms with van der Waals surface area (Å²) < 4.78 is 0. The molecule has 0 radical (unpaired) electrons. The van der Waals surface area contributed by atoms with Crippen molar-refractivity contribution >= 4 is 11.9 Å². The molecule has 1 aliphatic heterocycles. The average molecular weight is 360 g/mol. The molecule has 0 aromatic carbocycles. The van der Waals surface area contributed by atoms with Gasteiger partial charge in [0.1, 0.15) is 24.9 Å². The van der Waals surface area contributed by atoms with Crippen molar-refractivity contribution in [1.29, 1.82) is 0 Å². The second kappa shape index (κ2) is 7.42. The third kappa shape index (κ3) is 3.70. The monoisotopic (exact) mass is 360 g/mol. The molecular formula is C16H24N8O2. The molecule has 1 aliphatic rings. The molecule has 0 spiro atoms.